The zero-order valence-electron chi connectivity index (χ0n) is 21.5. The minimum Gasteiger partial charge on any atom is -0.458 e. The topological polar surface area (TPSA) is 129 Å². The summed E-state index contributed by atoms with van der Waals surface area (Å²) in [5.41, 5.74) is 10.8. The fourth-order valence-electron chi connectivity index (χ4n) is 5.25. The number of nitrogen functional groups attached to an aromatic ring is 1. The molecule has 3 aromatic carbocycles. The van der Waals surface area contributed by atoms with Crippen molar-refractivity contribution in [2.75, 3.05) is 5.73 Å². The Hall–Kier alpha value is -5.38. The van der Waals surface area contributed by atoms with Crippen LogP contribution in [0.5, 0.6) is 0 Å². The number of benzene rings is 3. The molecule has 0 aliphatic carbocycles. The summed E-state index contributed by atoms with van der Waals surface area (Å²) < 4.78 is 22.4. The maximum atomic E-state index is 14.3. The van der Waals surface area contributed by atoms with Gasteiger partial charge in [-0.3, -0.25) is 9.89 Å². The smallest absolute Gasteiger partial charge is 0.200 e. The maximum absolute atomic E-state index is 14.3. The Morgan fingerprint density at radius 1 is 1.00 bits per heavy atom. The third kappa shape index (κ3) is 3.57. The van der Waals surface area contributed by atoms with Gasteiger partial charge in [-0.2, -0.15) is 10.2 Å². The van der Waals surface area contributed by atoms with Crippen LogP contribution in [0.4, 0.5) is 10.2 Å². The molecule has 3 N–H and O–H groups in total. The summed E-state index contributed by atoms with van der Waals surface area (Å²) in [4.78, 5) is 22.5. The number of hydrogen-bond acceptors (Lipinski definition) is 7. The fourth-order valence-corrected chi connectivity index (χ4v) is 5.25. The Bertz CT molecular complexity index is 2160. The van der Waals surface area contributed by atoms with Gasteiger partial charge in [-0.15, -0.1) is 0 Å². The highest BCUT2D eigenvalue weighted by Crippen LogP contribution is 2.37. The second-order valence-corrected chi connectivity index (χ2v) is 9.67. The molecular weight excluding hydrogens is 509 g/mol. The van der Waals surface area contributed by atoms with Crippen molar-refractivity contribution in [1.82, 2.24) is 29.9 Å². The number of hydrogen-bond donors (Lipinski definition) is 2. The van der Waals surface area contributed by atoms with Crippen molar-refractivity contribution >= 4 is 38.7 Å². The van der Waals surface area contributed by atoms with Crippen LogP contribution in [0.2, 0.25) is 0 Å². The summed E-state index contributed by atoms with van der Waals surface area (Å²) >= 11 is 0. The molecule has 0 bridgehead atoms. The molecule has 4 heterocycles. The van der Waals surface area contributed by atoms with Crippen molar-refractivity contribution in [1.29, 1.82) is 0 Å². The van der Waals surface area contributed by atoms with E-state index in [4.69, 9.17) is 15.2 Å². The molecule has 0 unspecified atom stereocenters. The molecule has 1 atom stereocenters. The van der Waals surface area contributed by atoms with E-state index in [1.807, 2.05) is 32.0 Å². The number of fused-ring (bicyclic) bond motifs is 3. The lowest BCUT2D eigenvalue weighted by Gasteiger charge is -2.17. The molecule has 0 saturated carbocycles. The predicted molar refractivity (Wildman–Crippen MR) is 151 cm³/mol. The van der Waals surface area contributed by atoms with Gasteiger partial charge in [0.1, 0.15) is 41.0 Å². The third-order valence-electron chi connectivity index (χ3n) is 7.23. The molecule has 0 spiro atoms. The zero-order valence-corrected chi connectivity index (χ0v) is 21.5. The second-order valence-electron chi connectivity index (χ2n) is 9.67. The number of anilines is 1. The van der Waals surface area contributed by atoms with Crippen molar-refractivity contribution < 1.29 is 8.81 Å². The number of nitrogens with one attached hydrogen (secondary N) is 1. The number of aromatic nitrogens is 6. The molecule has 0 aliphatic rings. The first-order valence-corrected chi connectivity index (χ1v) is 12.7. The van der Waals surface area contributed by atoms with Gasteiger partial charge >= 0.3 is 0 Å². The van der Waals surface area contributed by atoms with Crippen LogP contribution in [0.3, 0.4) is 0 Å². The summed E-state index contributed by atoms with van der Waals surface area (Å²) in [7, 11) is 0. The minimum atomic E-state index is -0.626. The lowest BCUT2D eigenvalue weighted by Crippen LogP contribution is -2.16. The molecule has 0 saturated heterocycles. The average molecular weight is 532 g/mol. The van der Waals surface area contributed by atoms with Gasteiger partial charge in [0.05, 0.1) is 27.5 Å². The number of rotatable bonds is 4. The zero-order chi connectivity index (χ0) is 27.5. The van der Waals surface area contributed by atoms with Crippen molar-refractivity contribution in [2.24, 2.45) is 0 Å². The molecule has 196 valence electrons. The highest BCUT2D eigenvalue weighted by atomic mass is 19.1. The first-order chi connectivity index (χ1) is 19.4. The molecule has 4 aromatic heterocycles. The van der Waals surface area contributed by atoms with Gasteiger partial charge in [-0.05, 0) is 49.7 Å². The molecule has 10 heteroatoms. The number of aryl methyl sites for hydroxylation is 1. The lowest BCUT2D eigenvalue weighted by molar-refractivity contribution is 0.446. The van der Waals surface area contributed by atoms with E-state index < -0.39 is 11.9 Å². The van der Waals surface area contributed by atoms with Crippen LogP contribution < -0.4 is 11.2 Å². The third-order valence-corrected chi connectivity index (χ3v) is 7.23. The molecule has 0 amide bonds. The Morgan fingerprint density at radius 3 is 2.70 bits per heavy atom. The van der Waals surface area contributed by atoms with Crippen LogP contribution in [-0.4, -0.2) is 29.9 Å². The molecule has 7 rings (SSSR count). The lowest BCUT2D eigenvalue weighted by atomic mass is 9.99. The van der Waals surface area contributed by atoms with Crippen molar-refractivity contribution in [3.8, 4) is 22.4 Å². The average Bonchev–Trinajstić information content (AvgIpc) is 3.54. The van der Waals surface area contributed by atoms with Crippen molar-refractivity contribution in [2.45, 2.75) is 19.9 Å². The number of aromatic amines is 1. The first-order valence-electron chi connectivity index (χ1n) is 12.7. The van der Waals surface area contributed by atoms with Gasteiger partial charge in [0.15, 0.2) is 5.65 Å². The largest absolute Gasteiger partial charge is 0.458 e. The summed E-state index contributed by atoms with van der Waals surface area (Å²) in [5.74, 6) is 0.132. The molecule has 9 nitrogen and oxygen atoms in total. The highest BCUT2D eigenvalue weighted by Gasteiger charge is 2.27. The summed E-state index contributed by atoms with van der Waals surface area (Å²) in [6.45, 7) is 3.79. The summed E-state index contributed by atoms with van der Waals surface area (Å²) in [5, 5.41) is 14.2. The summed E-state index contributed by atoms with van der Waals surface area (Å²) in [6, 6.07) is 18.2. The second kappa shape index (κ2) is 8.84. The molecule has 0 aliphatic heterocycles. The van der Waals surface area contributed by atoms with Crippen LogP contribution in [0.25, 0.3) is 55.3 Å². The Balaban J connectivity index is 1.49. The number of H-pyrrole nitrogens is 1. The van der Waals surface area contributed by atoms with E-state index in [9.17, 15) is 9.18 Å². The fraction of sp³-hybridized carbons (Fsp3) is 0.100. The van der Waals surface area contributed by atoms with Gasteiger partial charge in [0, 0.05) is 10.9 Å². The number of nitrogens with zero attached hydrogens (tertiary/aromatic N) is 5. The van der Waals surface area contributed by atoms with Crippen LogP contribution in [0, 0.1) is 12.7 Å². The molecule has 40 heavy (non-hydrogen) atoms. The number of para-hydroxylation sites is 1. The molecule has 0 radical (unpaired) electrons. The van der Waals surface area contributed by atoms with Gasteiger partial charge in [0.25, 0.3) is 0 Å². The molecule has 0 fully saturated rings. The van der Waals surface area contributed by atoms with E-state index in [1.165, 1.54) is 18.5 Å². The normalized spacial score (nSPS) is 12.5. The standard InChI is InChI=1S/C30H22FN7O2/c1-15-20-11-10-18(13-22(20)36-35-15)26-25-29(32)33-14-34-30(25)38(37-26)16(2)28-24(17-6-5-7-19(31)12-17)27(39)21-8-3-4-9-23(21)40-28/h3-14,16H,1-2H3,(H,35,36)(H2,32,33,34)/t16-/m1/s1. The van der Waals surface area contributed by atoms with E-state index in [2.05, 4.69) is 20.2 Å². The van der Waals surface area contributed by atoms with Crippen molar-refractivity contribution in [3.05, 3.63) is 101 Å². The Kier molecular flexibility index (Phi) is 5.24. The van der Waals surface area contributed by atoms with Crippen LogP contribution in [0.1, 0.15) is 24.4 Å². The van der Waals surface area contributed by atoms with Crippen molar-refractivity contribution in [3.63, 3.8) is 0 Å². The minimum absolute atomic E-state index is 0.257. The van der Waals surface area contributed by atoms with E-state index in [0.717, 1.165) is 22.2 Å². The SMILES string of the molecule is Cc1n[nH]c2cc(-c3nn([C@H](C)c4oc5ccccc5c(=O)c4-c4cccc(F)c4)c4ncnc(N)c34)ccc12. The number of halogens is 1. The Labute approximate surface area is 226 Å². The Morgan fingerprint density at radius 2 is 1.85 bits per heavy atom. The van der Waals surface area contributed by atoms with Gasteiger partial charge in [-0.25, -0.2) is 19.0 Å². The van der Waals surface area contributed by atoms with Crippen LogP contribution in [0.15, 0.2) is 82.3 Å². The maximum Gasteiger partial charge on any atom is 0.200 e. The predicted octanol–water partition coefficient (Wildman–Crippen LogP) is 5.78. The van der Waals surface area contributed by atoms with E-state index in [1.54, 1.807) is 41.1 Å². The van der Waals surface area contributed by atoms with E-state index in [0.29, 0.717) is 39.0 Å². The number of nitrogens with two attached hydrogens (primary N) is 1. The van der Waals surface area contributed by atoms with E-state index in [-0.39, 0.29) is 16.8 Å². The quantitative estimate of drug-likeness (QED) is 0.294. The van der Waals surface area contributed by atoms with E-state index >= 15 is 0 Å². The van der Waals surface area contributed by atoms with Gasteiger partial charge in [0.2, 0.25) is 5.43 Å². The first kappa shape index (κ1) is 23.7. The highest BCUT2D eigenvalue weighted by molar-refractivity contribution is 6.00. The molecular formula is C30H22FN7O2. The van der Waals surface area contributed by atoms with Gasteiger partial charge in [-0.1, -0.05) is 36.4 Å². The monoisotopic (exact) mass is 531 g/mol. The molecule has 7 aromatic rings. The van der Waals surface area contributed by atoms with Gasteiger partial charge < -0.3 is 10.2 Å². The van der Waals surface area contributed by atoms with Crippen LogP contribution in [-0.2, 0) is 0 Å². The van der Waals surface area contributed by atoms with Crippen LogP contribution >= 0.6 is 0 Å². The summed E-state index contributed by atoms with van der Waals surface area (Å²) in [6.07, 6.45) is 1.37.